The summed E-state index contributed by atoms with van der Waals surface area (Å²) in [4.78, 5) is 25.5. The van der Waals surface area contributed by atoms with Crippen LogP contribution in [0.2, 0.25) is 10.0 Å². The molecule has 0 aromatic heterocycles. The highest BCUT2D eigenvalue weighted by molar-refractivity contribution is 6.35. The Morgan fingerprint density at radius 1 is 1.06 bits per heavy atom. The van der Waals surface area contributed by atoms with E-state index in [0.29, 0.717) is 34.6 Å². The van der Waals surface area contributed by atoms with Crippen LogP contribution < -0.4 is 20.2 Å². The first-order valence-corrected chi connectivity index (χ1v) is 11.9. The molecular weight excluding hydrogens is 477 g/mol. The molecule has 2 atom stereocenters. The number of hydrogen-bond donors (Lipinski definition) is 2. The molecule has 0 aliphatic rings. The van der Waals surface area contributed by atoms with Crippen molar-refractivity contribution in [2.45, 2.75) is 52.7 Å². The average Bonchev–Trinajstić information content (AvgIpc) is 2.79. The zero-order valence-electron chi connectivity index (χ0n) is 19.8. The van der Waals surface area contributed by atoms with E-state index in [4.69, 9.17) is 32.7 Å². The van der Waals surface area contributed by atoms with Gasteiger partial charge in [0.25, 0.3) is 11.8 Å². The highest BCUT2D eigenvalue weighted by atomic mass is 35.5. The number of hydrogen-bond acceptors (Lipinski definition) is 5. The van der Waals surface area contributed by atoms with Gasteiger partial charge >= 0.3 is 0 Å². The summed E-state index contributed by atoms with van der Waals surface area (Å²) >= 11 is 12.0. The molecule has 0 saturated carbocycles. The molecule has 9 heteroatoms. The summed E-state index contributed by atoms with van der Waals surface area (Å²) in [7, 11) is 0. The Balaban J connectivity index is 2.02. The number of halogens is 2. The number of ether oxygens (including phenoxy) is 2. The average molecular weight is 508 g/mol. The van der Waals surface area contributed by atoms with Crippen molar-refractivity contribution in [1.29, 1.82) is 0 Å². The highest BCUT2D eigenvalue weighted by Gasteiger charge is 2.25. The minimum Gasteiger partial charge on any atom is -0.493 e. The summed E-state index contributed by atoms with van der Waals surface area (Å²) in [6, 6.07) is 11.4. The van der Waals surface area contributed by atoms with Gasteiger partial charge in [0.15, 0.2) is 6.10 Å². The van der Waals surface area contributed by atoms with Gasteiger partial charge in [-0.1, -0.05) is 56.1 Å². The van der Waals surface area contributed by atoms with Crippen molar-refractivity contribution in [3.05, 3.63) is 58.1 Å². The second kappa shape index (κ2) is 13.8. The number of hydrazone groups is 1. The molecule has 34 heavy (non-hydrogen) atoms. The third-order valence-electron chi connectivity index (χ3n) is 4.67. The molecule has 0 aliphatic carbocycles. The zero-order chi connectivity index (χ0) is 25.1. The fourth-order valence-corrected chi connectivity index (χ4v) is 3.43. The largest absolute Gasteiger partial charge is 0.493 e. The van der Waals surface area contributed by atoms with Gasteiger partial charge < -0.3 is 14.8 Å². The Hall–Kier alpha value is -2.77. The van der Waals surface area contributed by atoms with Gasteiger partial charge in [-0.2, -0.15) is 5.10 Å². The van der Waals surface area contributed by atoms with Crippen molar-refractivity contribution in [2.24, 2.45) is 11.0 Å². The van der Waals surface area contributed by atoms with Gasteiger partial charge in [0.05, 0.1) is 17.8 Å². The normalized spacial score (nSPS) is 12.9. The topological polar surface area (TPSA) is 89.0 Å². The van der Waals surface area contributed by atoms with Crippen molar-refractivity contribution in [3.8, 4) is 11.5 Å². The number of benzene rings is 2. The van der Waals surface area contributed by atoms with Crippen LogP contribution in [0.4, 0.5) is 0 Å². The van der Waals surface area contributed by atoms with Crippen molar-refractivity contribution >= 4 is 41.2 Å². The Kier molecular flexibility index (Phi) is 11.2. The highest BCUT2D eigenvalue weighted by Crippen LogP contribution is 2.28. The maximum Gasteiger partial charge on any atom is 0.262 e. The van der Waals surface area contributed by atoms with E-state index in [0.717, 1.165) is 12.0 Å². The van der Waals surface area contributed by atoms with Crippen LogP contribution in [0.1, 0.15) is 46.1 Å². The number of nitrogens with zero attached hydrogens (tertiary/aromatic N) is 1. The molecule has 0 heterocycles. The van der Waals surface area contributed by atoms with E-state index >= 15 is 0 Å². The van der Waals surface area contributed by atoms with Crippen LogP contribution in [0, 0.1) is 5.92 Å². The first-order chi connectivity index (χ1) is 16.2. The van der Waals surface area contributed by atoms with E-state index in [1.165, 1.54) is 12.3 Å². The molecule has 2 N–H and O–H groups in total. The Labute approximate surface area is 210 Å². The van der Waals surface area contributed by atoms with Gasteiger partial charge in [0, 0.05) is 10.6 Å². The monoisotopic (exact) mass is 507 g/mol. The predicted octanol–water partition coefficient (Wildman–Crippen LogP) is 5.23. The van der Waals surface area contributed by atoms with Crippen LogP contribution in [0.5, 0.6) is 11.5 Å². The molecule has 2 amide bonds. The summed E-state index contributed by atoms with van der Waals surface area (Å²) < 4.78 is 11.3. The molecular formula is C25H31Cl2N3O4. The van der Waals surface area contributed by atoms with Crippen LogP contribution in [0.15, 0.2) is 47.6 Å². The van der Waals surface area contributed by atoms with E-state index in [9.17, 15) is 9.59 Å². The molecule has 7 nitrogen and oxygen atoms in total. The molecule has 0 radical (unpaired) electrons. The molecule has 0 spiro atoms. The predicted molar refractivity (Wildman–Crippen MR) is 136 cm³/mol. The number of carbonyl (C=O) groups excluding carboxylic acids is 2. The third-order valence-corrected chi connectivity index (χ3v) is 5.20. The Morgan fingerprint density at radius 2 is 1.79 bits per heavy atom. The molecule has 0 bridgehead atoms. The summed E-state index contributed by atoms with van der Waals surface area (Å²) in [6.07, 6.45) is 1.95. The molecule has 2 aromatic rings. The lowest BCUT2D eigenvalue weighted by atomic mass is 10.0. The molecule has 0 aliphatic heterocycles. The van der Waals surface area contributed by atoms with Crippen molar-refractivity contribution in [1.82, 2.24) is 10.7 Å². The smallest absolute Gasteiger partial charge is 0.262 e. The summed E-state index contributed by atoms with van der Waals surface area (Å²) in [5.74, 6) is 0.287. The van der Waals surface area contributed by atoms with E-state index < -0.39 is 24.0 Å². The number of rotatable bonds is 12. The van der Waals surface area contributed by atoms with E-state index in [2.05, 4.69) is 15.8 Å². The lowest BCUT2D eigenvalue weighted by Gasteiger charge is -2.22. The molecule has 0 saturated heterocycles. The van der Waals surface area contributed by atoms with Crippen LogP contribution >= 0.6 is 23.2 Å². The van der Waals surface area contributed by atoms with Gasteiger partial charge in [-0.3, -0.25) is 9.59 Å². The number of carbonyl (C=O) groups is 2. The minimum absolute atomic E-state index is 0.158. The van der Waals surface area contributed by atoms with Gasteiger partial charge in [0.2, 0.25) is 0 Å². The quantitative estimate of drug-likeness (QED) is 0.304. The number of nitrogens with one attached hydrogen (secondary N) is 2. The maximum atomic E-state index is 12.8. The first-order valence-electron chi connectivity index (χ1n) is 11.2. The molecule has 2 aromatic carbocycles. The van der Waals surface area contributed by atoms with E-state index in [-0.39, 0.29) is 5.92 Å². The van der Waals surface area contributed by atoms with Crippen LogP contribution in [-0.4, -0.2) is 36.8 Å². The SMILES string of the molecule is CCCOc1ccccc1/C=N\NC(=O)[C@@H](CC(C)C)NC(=O)[C@@H](C)Oc1ccc(Cl)cc1Cl. The van der Waals surface area contributed by atoms with Gasteiger partial charge in [-0.05, 0) is 56.0 Å². The van der Waals surface area contributed by atoms with Crippen molar-refractivity contribution in [2.75, 3.05) is 6.61 Å². The summed E-state index contributed by atoms with van der Waals surface area (Å²) in [6.45, 7) is 8.11. The van der Waals surface area contributed by atoms with Gasteiger partial charge in [-0.15, -0.1) is 0 Å². The minimum atomic E-state index is -0.882. The Morgan fingerprint density at radius 3 is 2.47 bits per heavy atom. The fraction of sp³-hybridized carbons (Fsp3) is 0.400. The van der Waals surface area contributed by atoms with Crippen molar-refractivity contribution < 1.29 is 19.1 Å². The standard InChI is InChI=1S/C25H31Cl2N3O4/c1-5-12-33-22-9-7-6-8-18(22)15-28-30-25(32)21(13-16(2)3)29-24(31)17(4)34-23-11-10-19(26)14-20(23)27/h6-11,14-17,21H,5,12-13H2,1-4H3,(H,29,31)(H,30,32)/b28-15-/t17-,21-/m1/s1. The van der Waals surface area contributed by atoms with Crippen molar-refractivity contribution in [3.63, 3.8) is 0 Å². The van der Waals surface area contributed by atoms with E-state index in [1.54, 1.807) is 19.1 Å². The number of amides is 2. The lowest BCUT2D eigenvalue weighted by Crippen LogP contribution is -2.49. The molecule has 0 unspecified atom stereocenters. The maximum absolute atomic E-state index is 12.8. The lowest BCUT2D eigenvalue weighted by molar-refractivity contribution is -0.132. The fourth-order valence-electron chi connectivity index (χ4n) is 2.98. The summed E-state index contributed by atoms with van der Waals surface area (Å²) in [5.41, 5.74) is 3.25. The van der Waals surface area contributed by atoms with Crippen LogP contribution in [0.25, 0.3) is 0 Å². The van der Waals surface area contributed by atoms with E-state index in [1.807, 2.05) is 45.0 Å². The molecule has 2 rings (SSSR count). The molecule has 184 valence electrons. The summed E-state index contributed by atoms with van der Waals surface area (Å²) in [5, 5.41) is 7.56. The van der Waals surface area contributed by atoms with Crippen LogP contribution in [-0.2, 0) is 9.59 Å². The van der Waals surface area contributed by atoms with Gasteiger partial charge in [0.1, 0.15) is 17.5 Å². The Bertz CT molecular complexity index is 998. The molecule has 0 fully saturated rings. The second-order valence-electron chi connectivity index (χ2n) is 8.15. The van der Waals surface area contributed by atoms with Gasteiger partial charge in [-0.25, -0.2) is 5.43 Å². The zero-order valence-corrected chi connectivity index (χ0v) is 21.3. The number of para-hydroxylation sites is 1. The van der Waals surface area contributed by atoms with Crippen LogP contribution in [0.3, 0.4) is 0 Å². The second-order valence-corrected chi connectivity index (χ2v) is 8.99. The third kappa shape index (κ3) is 8.88. The first kappa shape index (κ1) is 27.5.